The second-order valence-electron chi connectivity index (χ2n) is 3.87. The Morgan fingerprint density at radius 2 is 2.38 bits per heavy atom. The van der Waals surface area contributed by atoms with Crippen molar-refractivity contribution in [3.05, 3.63) is 26.4 Å². The summed E-state index contributed by atoms with van der Waals surface area (Å²) < 4.78 is 6.47. The third-order valence-corrected chi connectivity index (χ3v) is 3.17. The van der Waals surface area contributed by atoms with E-state index in [4.69, 9.17) is 4.52 Å². The van der Waals surface area contributed by atoms with E-state index in [-0.39, 0.29) is 4.87 Å². The Balaban J connectivity index is 1.82. The number of aromatic nitrogens is 4. The van der Waals surface area contributed by atoms with E-state index in [0.29, 0.717) is 24.2 Å². The van der Waals surface area contributed by atoms with E-state index in [2.05, 4.69) is 15.2 Å². The van der Waals surface area contributed by atoms with Gasteiger partial charge in [-0.15, -0.1) is 0 Å². The zero-order valence-corrected chi connectivity index (χ0v) is 9.53. The summed E-state index contributed by atoms with van der Waals surface area (Å²) in [6.07, 6.45) is 2.24. The van der Waals surface area contributed by atoms with Gasteiger partial charge < -0.3 is 4.52 Å². The van der Waals surface area contributed by atoms with E-state index in [1.54, 1.807) is 6.92 Å². The van der Waals surface area contributed by atoms with Crippen LogP contribution in [0.15, 0.2) is 9.32 Å². The maximum Gasteiger partial charge on any atom is 0.325 e. The van der Waals surface area contributed by atoms with Crippen LogP contribution in [0.4, 0.5) is 0 Å². The van der Waals surface area contributed by atoms with Crippen LogP contribution < -0.4 is 4.87 Å². The largest absolute Gasteiger partial charge is 0.339 e. The van der Waals surface area contributed by atoms with Crippen LogP contribution in [0, 0.1) is 6.92 Å². The molecule has 0 atom stereocenters. The van der Waals surface area contributed by atoms with Crippen LogP contribution in [0.5, 0.6) is 0 Å². The standard InChI is InChI=1S/C9H10N4O2S/c1-5-11-13(9(14)16-5)4-7-10-8(15-12-7)6-2-3-6/h6H,2-4H2,1H3. The first kappa shape index (κ1) is 9.71. The van der Waals surface area contributed by atoms with Crippen LogP contribution in [-0.4, -0.2) is 19.9 Å². The molecule has 16 heavy (non-hydrogen) atoms. The van der Waals surface area contributed by atoms with E-state index in [9.17, 15) is 4.79 Å². The SMILES string of the molecule is Cc1nn(Cc2noc(C3CC3)n2)c(=O)s1. The van der Waals surface area contributed by atoms with Gasteiger partial charge in [0.05, 0.1) is 0 Å². The Kier molecular flexibility index (Phi) is 2.13. The molecule has 1 aliphatic carbocycles. The van der Waals surface area contributed by atoms with Crippen molar-refractivity contribution in [1.82, 2.24) is 19.9 Å². The number of rotatable bonds is 3. The highest BCUT2D eigenvalue weighted by atomic mass is 32.1. The third kappa shape index (κ3) is 1.78. The summed E-state index contributed by atoms with van der Waals surface area (Å²) in [4.78, 5) is 15.6. The van der Waals surface area contributed by atoms with Gasteiger partial charge in [-0.25, -0.2) is 4.68 Å². The minimum Gasteiger partial charge on any atom is -0.339 e. The highest BCUT2D eigenvalue weighted by Gasteiger charge is 2.29. The Bertz CT molecular complexity index is 566. The van der Waals surface area contributed by atoms with Gasteiger partial charge >= 0.3 is 4.87 Å². The van der Waals surface area contributed by atoms with Crippen LogP contribution in [0.25, 0.3) is 0 Å². The zero-order chi connectivity index (χ0) is 11.1. The molecule has 1 saturated carbocycles. The molecule has 0 spiro atoms. The lowest BCUT2D eigenvalue weighted by Crippen LogP contribution is -2.16. The smallest absolute Gasteiger partial charge is 0.325 e. The van der Waals surface area contributed by atoms with Crippen molar-refractivity contribution in [3.63, 3.8) is 0 Å². The average molecular weight is 238 g/mol. The van der Waals surface area contributed by atoms with Gasteiger partial charge in [0.15, 0.2) is 5.82 Å². The quantitative estimate of drug-likeness (QED) is 0.795. The number of hydrogen-bond donors (Lipinski definition) is 0. The molecule has 0 aromatic carbocycles. The zero-order valence-electron chi connectivity index (χ0n) is 8.71. The fraction of sp³-hybridized carbons (Fsp3) is 0.556. The lowest BCUT2D eigenvalue weighted by Gasteiger charge is -1.91. The van der Waals surface area contributed by atoms with Crippen LogP contribution >= 0.6 is 11.3 Å². The molecule has 0 aliphatic heterocycles. The molecule has 3 rings (SSSR count). The minimum absolute atomic E-state index is 0.0877. The van der Waals surface area contributed by atoms with E-state index < -0.39 is 0 Å². The topological polar surface area (TPSA) is 73.8 Å². The van der Waals surface area contributed by atoms with E-state index >= 15 is 0 Å². The first-order valence-corrected chi connectivity index (χ1v) is 5.91. The molecule has 0 bridgehead atoms. The van der Waals surface area contributed by atoms with E-state index in [0.717, 1.165) is 29.2 Å². The van der Waals surface area contributed by atoms with Gasteiger partial charge in [0.25, 0.3) is 0 Å². The molecule has 1 fully saturated rings. The van der Waals surface area contributed by atoms with E-state index in [1.165, 1.54) is 4.68 Å². The van der Waals surface area contributed by atoms with Crippen LogP contribution in [0.1, 0.15) is 35.5 Å². The first-order chi connectivity index (χ1) is 7.72. The van der Waals surface area contributed by atoms with Gasteiger partial charge in [-0.2, -0.15) is 10.1 Å². The summed E-state index contributed by atoms with van der Waals surface area (Å²) in [6, 6.07) is 0. The average Bonchev–Trinajstić information content (AvgIpc) is 2.91. The summed E-state index contributed by atoms with van der Waals surface area (Å²) in [5.41, 5.74) is 0. The Hall–Kier alpha value is -1.50. The van der Waals surface area contributed by atoms with Gasteiger partial charge in [-0.1, -0.05) is 16.5 Å². The Labute approximate surface area is 94.9 Å². The lowest BCUT2D eigenvalue weighted by atomic mass is 10.4. The van der Waals surface area contributed by atoms with Crippen molar-refractivity contribution >= 4 is 11.3 Å². The second kappa shape index (κ2) is 3.51. The summed E-state index contributed by atoms with van der Waals surface area (Å²) in [5, 5.41) is 8.66. The molecular formula is C9H10N4O2S. The number of nitrogens with zero attached hydrogens (tertiary/aromatic N) is 4. The molecule has 6 nitrogen and oxygen atoms in total. The molecular weight excluding hydrogens is 228 g/mol. The minimum atomic E-state index is -0.0877. The first-order valence-electron chi connectivity index (χ1n) is 5.09. The van der Waals surface area contributed by atoms with Crippen molar-refractivity contribution < 1.29 is 4.52 Å². The maximum absolute atomic E-state index is 11.4. The molecule has 0 saturated heterocycles. The van der Waals surface area contributed by atoms with Crippen molar-refractivity contribution in [3.8, 4) is 0 Å². The summed E-state index contributed by atoms with van der Waals surface area (Å²) >= 11 is 1.12. The molecule has 2 aromatic rings. The normalized spacial score (nSPS) is 15.6. The molecule has 0 radical (unpaired) electrons. The fourth-order valence-corrected chi connectivity index (χ4v) is 2.07. The van der Waals surface area contributed by atoms with E-state index in [1.807, 2.05) is 0 Å². The van der Waals surface area contributed by atoms with Gasteiger partial charge in [-0.3, -0.25) is 4.79 Å². The summed E-state index contributed by atoms with van der Waals surface area (Å²) in [6.45, 7) is 2.09. The van der Waals surface area contributed by atoms with Gasteiger partial charge in [0, 0.05) is 5.92 Å². The van der Waals surface area contributed by atoms with Crippen LogP contribution in [0.2, 0.25) is 0 Å². The highest BCUT2D eigenvalue weighted by Crippen LogP contribution is 2.38. The van der Waals surface area contributed by atoms with Gasteiger partial charge in [0.1, 0.15) is 11.6 Å². The molecule has 1 aliphatic rings. The molecule has 84 valence electrons. The van der Waals surface area contributed by atoms with Crippen LogP contribution in [-0.2, 0) is 6.54 Å². The predicted octanol–water partition coefficient (Wildman–Crippen LogP) is 0.922. The third-order valence-electron chi connectivity index (χ3n) is 2.41. The number of hydrogen-bond acceptors (Lipinski definition) is 6. The summed E-state index contributed by atoms with van der Waals surface area (Å²) in [7, 11) is 0. The van der Waals surface area contributed by atoms with Crippen molar-refractivity contribution in [2.24, 2.45) is 0 Å². The highest BCUT2D eigenvalue weighted by molar-refractivity contribution is 7.08. The van der Waals surface area contributed by atoms with Crippen molar-refractivity contribution in [1.29, 1.82) is 0 Å². The maximum atomic E-state index is 11.4. The van der Waals surface area contributed by atoms with Gasteiger partial charge in [0.2, 0.25) is 5.89 Å². The fourth-order valence-electron chi connectivity index (χ4n) is 1.47. The molecule has 7 heteroatoms. The lowest BCUT2D eigenvalue weighted by molar-refractivity contribution is 0.372. The van der Waals surface area contributed by atoms with Crippen molar-refractivity contribution in [2.75, 3.05) is 0 Å². The van der Waals surface area contributed by atoms with Gasteiger partial charge in [-0.05, 0) is 19.8 Å². The Morgan fingerprint density at radius 3 is 3.00 bits per heavy atom. The second-order valence-corrected chi connectivity index (χ2v) is 5.01. The number of aryl methyl sites for hydroxylation is 1. The molecule has 0 unspecified atom stereocenters. The monoisotopic (exact) mass is 238 g/mol. The predicted molar refractivity (Wildman–Crippen MR) is 56.5 cm³/mol. The summed E-state index contributed by atoms with van der Waals surface area (Å²) in [5.74, 6) is 1.65. The molecule has 2 aromatic heterocycles. The van der Waals surface area contributed by atoms with Crippen LogP contribution in [0.3, 0.4) is 0 Å². The molecule has 0 N–H and O–H groups in total. The molecule has 2 heterocycles. The van der Waals surface area contributed by atoms with Crippen molar-refractivity contribution in [2.45, 2.75) is 32.2 Å². The molecule has 0 amide bonds. The Morgan fingerprint density at radius 1 is 1.56 bits per heavy atom.